The van der Waals surface area contributed by atoms with Gasteiger partial charge in [0.25, 0.3) is 0 Å². The van der Waals surface area contributed by atoms with Crippen LogP contribution in [0.2, 0.25) is 0 Å². The van der Waals surface area contributed by atoms with Crippen LogP contribution in [-0.2, 0) is 6.54 Å². The van der Waals surface area contributed by atoms with Crippen LogP contribution in [0.3, 0.4) is 0 Å². The summed E-state index contributed by atoms with van der Waals surface area (Å²) in [5.41, 5.74) is 2.61. The first-order valence-electron chi connectivity index (χ1n) is 6.03. The van der Waals surface area contributed by atoms with E-state index in [1.807, 2.05) is 0 Å². The summed E-state index contributed by atoms with van der Waals surface area (Å²) in [6, 6.07) is 4.82. The lowest BCUT2D eigenvalue weighted by atomic mass is 9.98. The minimum atomic E-state index is 0.488. The Morgan fingerprint density at radius 1 is 1.44 bits per heavy atom. The van der Waals surface area contributed by atoms with Gasteiger partial charge >= 0.3 is 0 Å². The molecule has 1 aromatic heterocycles. The van der Waals surface area contributed by atoms with Crippen molar-refractivity contribution >= 4 is 5.82 Å². The fraction of sp³-hybridized carbons (Fsp3) is 0.615. The van der Waals surface area contributed by atoms with Crippen molar-refractivity contribution in [2.24, 2.45) is 0 Å². The van der Waals surface area contributed by atoms with Crippen LogP contribution in [0, 0.1) is 0 Å². The molecule has 0 spiro atoms. The number of anilines is 1. The number of nitrogens with zero attached hydrogens (tertiary/aromatic N) is 2. The molecule has 0 unspecified atom stereocenters. The van der Waals surface area contributed by atoms with E-state index in [0.29, 0.717) is 12.0 Å². The van der Waals surface area contributed by atoms with Gasteiger partial charge in [0.05, 0.1) is 5.69 Å². The Hall–Kier alpha value is -1.09. The predicted octanol–water partition coefficient (Wildman–Crippen LogP) is 2.13. The van der Waals surface area contributed by atoms with Gasteiger partial charge < -0.3 is 10.2 Å². The van der Waals surface area contributed by atoms with E-state index >= 15 is 0 Å². The minimum absolute atomic E-state index is 0.488. The van der Waals surface area contributed by atoms with Gasteiger partial charge in [0.15, 0.2) is 0 Å². The lowest BCUT2D eigenvalue weighted by Crippen LogP contribution is -2.30. The molecule has 0 saturated heterocycles. The van der Waals surface area contributed by atoms with Crippen molar-refractivity contribution in [3.63, 3.8) is 0 Å². The number of rotatable bonds is 2. The molecule has 0 saturated carbocycles. The molecule has 0 bridgehead atoms. The summed E-state index contributed by atoms with van der Waals surface area (Å²) < 4.78 is 0. The first kappa shape index (κ1) is 11.4. The van der Waals surface area contributed by atoms with Crippen LogP contribution in [0.5, 0.6) is 0 Å². The van der Waals surface area contributed by atoms with Gasteiger partial charge in [-0.3, -0.25) is 0 Å². The quantitative estimate of drug-likeness (QED) is 0.826. The highest BCUT2D eigenvalue weighted by molar-refractivity contribution is 5.43. The summed E-state index contributed by atoms with van der Waals surface area (Å²) in [6.07, 6.45) is 0. The Bertz CT molecular complexity index is 373. The van der Waals surface area contributed by atoms with Crippen LogP contribution in [-0.4, -0.2) is 24.6 Å². The Balaban J connectivity index is 2.34. The van der Waals surface area contributed by atoms with E-state index < -0.39 is 0 Å². The maximum atomic E-state index is 4.80. The van der Waals surface area contributed by atoms with Crippen molar-refractivity contribution in [1.29, 1.82) is 0 Å². The number of aromatic nitrogens is 1. The molecule has 0 fully saturated rings. The summed E-state index contributed by atoms with van der Waals surface area (Å²) in [7, 11) is 2.10. The molecule has 0 aromatic carbocycles. The standard InChI is InChI=1S/C13H21N3/c1-9(2)16(4)12-6-5-11-8-14-7-10(3)13(11)15-12/h5-6,9-10,14H,7-8H2,1-4H3/t10-/m1/s1. The van der Waals surface area contributed by atoms with Crippen molar-refractivity contribution in [1.82, 2.24) is 10.3 Å². The molecule has 1 aliphatic rings. The van der Waals surface area contributed by atoms with Crippen LogP contribution >= 0.6 is 0 Å². The summed E-state index contributed by atoms with van der Waals surface area (Å²) in [6.45, 7) is 8.60. The van der Waals surface area contributed by atoms with E-state index in [4.69, 9.17) is 4.98 Å². The number of hydrogen-bond donors (Lipinski definition) is 1. The normalized spacial score (nSPS) is 19.7. The first-order valence-corrected chi connectivity index (χ1v) is 6.03. The average Bonchev–Trinajstić information content (AvgIpc) is 2.28. The molecule has 3 nitrogen and oxygen atoms in total. The average molecular weight is 219 g/mol. The number of hydrogen-bond acceptors (Lipinski definition) is 3. The molecular weight excluding hydrogens is 198 g/mol. The van der Waals surface area contributed by atoms with E-state index in [-0.39, 0.29) is 0 Å². The molecular formula is C13H21N3. The highest BCUT2D eigenvalue weighted by Gasteiger charge is 2.18. The predicted molar refractivity (Wildman–Crippen MR) is 67.9 cm³/mol. The zero-order chi connectivity index (χ0) is 11.7. The van der Waals surface area contributed by atoms with Crippen LogP contribution in [0.25, 0.3) is 0 Å². The molecule has 0 radical (unpaired) electrons. The Labute approximate surface area is 97.9 Å². The third kappa shape index (κ3) is 2.05. The van der Waals surface area contributed by atoms with Crippen LogP contribution in [0.1, 0.15) is 37.9 Å². The number of fused-ring (bicyclic) bond motifs is 1. The SMILES string of the molecule is CC(C)N(C)c1ccc2c(n1)[C@H](C)CNC2. The van der Waals surface area contributed by atoms with E-state index in [2.05, 4.69) is 50.2 Å². The second-order valence-electron chi connectivity index (χ2n) is 4.95. The highest BCUT2D eigenvalue weighted by Crippen LogP contribution is 2.24. The fourth-order valence-corrected chi connectivity index (χ4v) is 2.05. The second-order valence-corrected chi connectivity index (χ2v) is 4.95. The van der Waals surface area contributed by atoms with Gasteiger partial charge in [-0.2, -0.15) is 0 Å². The minimum Gasteiger partial charge on any atom is -0.357 e. The monoisotopic (exact) mass is 219 g/mol. The van der Waals surface area contributed by atoms with Gasteiger partial charge in [0, 0.05) is 32.1 Å². The van der Waals surface area contributed by atoms with E-state index in [1.165, 1.54) is 11.3 Å². The fourth-order valence-electron chi connectivity index (χ4n) is 2.05. The topological polar surface area (TPSA) is 28.2 Å². The first-order chi connectivity index (χ1) is 7.59. The van der Waals surface area contributed by atoms with Gasteiger partial charge in [0.2, 0.25) is 0 Å². The van der Waals surface area contributed by atoms with Crippen molar-refractivity contribution in [3.05, 3.63) is 23.4 Å². The van der Waals surface area contributed by atoms with Crippen LogP contribution in [0.4, 0.5) is 5.82 Å². The second kappa shape index (κ2) is 4.42. The molecule has 1 N–H and O–H groups in total. The third-order valence-corrected chi connectivity index (χ3v) is 3.37. The number of pyridine rings is 1. The molecule has 1 aromatic rings. The lowest BCUT2D eigenvalue weighted by molar-refractivity contribution is 0.555. The third-order valence-electron chi connectivity index (χ3n) is 3.37. The van der Waals surface area contributed by atoms with Crippen molar-refractivity contribution < 1.29 is 0 Å². The summed E-state index contributed by atoms with van der Waals surface area (Å²) >= 11 is 0. The van der Waals surface area contributed by atoms with E-state index in [9.17, 15) is 0 Å². The van der Waals surface area contributed by atoms with Crippen molar-refractivity contribution in [2.45, 2.75) is 39.3 Å². The van der Waals surface area contributed by atoms with Crippen LogP contribution in [0.15, 0.2) is 12.1 Å². The Morgan fingerprint density at radius 2 is 2.19 bits per heavy atom. The summed E-state index contributed by atoms with van der Waals surface area (Å²) in [4.78, 5) is 7.02. The molecule has 2 heterocycles. The van der Waals surface area contributed by atoms with Gasteiger partial charge in [-0.1, -0.05) is 13.0 Å². The molecule has 3 heteroatoms. The van der Waals surface area contributed by atoms with Gasteiger partial charge in [-0.15, -0.1) is 0 Å². The lowest BCUT2D eigenvalue weighted by Gasteiger charge is -2.27. The maximum absolute atomic E-state index is 4.80. The molecule has 0 aliphatic carbocycles. The largest absolute Gasteiger partial charge is 0.357 e. The zero-order valence-corrected chi connectivity index (χ0v) is 10.6. The van der Waals surface area contributed by atoms with Gasteiger partial charge in [-0.25, -0.2) is 4.98 Å². The van der Waals surface area contributed by atoms with Crippen LogP contribution < -0.4 is 10.2 Å². The molecule has 0 amide bonds. The Kier molecular flexibility index (Phi) is 3.15. The number of nitrogens with one attached hydrogen (secondary N) is 1. The molecule has 88 valence electrons. The van der Waals surface area contributed by atoms with Crippen molar-refractivity contribution in [2.75, 3.05) is 18.5 Å². The maximum Gasteiger partial charge on any atom is 0.128 e. The summed E-state index contributed by atoms with van der Waals surface area (Å²) in [5, 5.41) is 3.41. The zero-order valence-electron chi connectivity index (χ0n) is 10.6. The highest BCUT2D eigenvalue weighted by atomic mass is 15.2. The molecule has 16 heavy (non-hydrogen) atoms. The smallest absolute Gasteiger partial charge is 0.128 e. The van der Waals surface area contributed by atoms with E-state index in [1.54, 1.807) is 0 Å². The summed E-state index contributed by atoms with van der Waals surface area (Å²) in [5.74, 6) is 1.60. The van der Waals surface area contributed by atoms with Crippen molar-refractivity contribution in [3.8, 4) is 0 Å². The van der Waals surface area contributed by atoms with Gasteiger partial charge in [0.1, 0.15) is 5.82 Å². The molecule has 1 aliphatic heterocycles. The Morgan fingerprint density at radius 3 is 2.88 bits per heavy atom. The van der Waals surface area contributed by atoms with Gasteiger partial charge in [-0.05, 0) is 25.5 Å². The molecule has 1 atom stereocenters. The molecule has 2 rings (SSSR count). The van der Waals surface area contributed by atoms with E-state index in [0.717, 1.165) is 18.9 Å².